The Balaban J connectivity index is 2.17. The van der Waals surface area contributed by atoms with Gasteiger partial charge in [-0.05, 0) is 31.0 Å². The fourth-order valence-corrected chi connectivity index (χ4v) is 2.45. The van der Waals surface area contributed by atoms with E-state index in [1.807, 2.05) is 32.0 Å². The van der Waals surface area contributed by atoms with Crippen LogP contribution in [0.3, 0.4) is 0 Å². The van der Waals surface area contributed by atoms with E-state index >= 15 is 0 Å². The second-order valence-electron chi connectivity index (χ2n) is 5.44. The van der Waals surface area contributed by atoms with Crippen LogP contribution in [0.15, 0.2) is 24.3 Å². The Labute approximate surface area is 144 Å². The van der Waals surface area contributed by atoms with Crippen molar-refractivity contribution in [2.45, 2.75) is 13.8 Å². The number of nitrogens with one attached hydrogen (secondary N) is 1. The molecule has 1 aromatic carbocycles. The minimum Gasteiger partial charge on any atom is -0.365 e. The van der Waals surface area contributed by atoms with Gasteiger partial charge in [-0.2, -0.15) is 0 Å². The number of anilines is 2. The molecule has 1 heterocycles. The molecule has 0 atom stereocenters. The van der Waals surface area contributed by atoms with E-state index in [9.17, 15) is 9.59 Å². The molecule has 0 aliphatic heterocycles. The summed E-state index contributed by atoms with van der Waals surface area (Å²) in [4.78, 5) is 25.3. The van der Waals surface area contributed by atoms with Gasteiger partial charge in [0.05, 0.1) is 12.1 Å². The van der Waals surface area contributed by atoms with Crippen molar-refractivity contribution in [3.8, 4) is 0 Å². The van der Waals surface area contributed by atoms with E-state index in [0.717, 1.165) is 16.8 Å². The van der Waals surface area contributed by atoms with Crippen molar-refractivity contribution in [2.24, 2.45) is 5.73 Å². The number of primary amides is 1. The number of likely N-dealkylation sites (N-methyl/N-ethyl adjacent to an activating group) is 1. The lowest BCUT2D eigenvalue weighted by Gasteiger charge is -2.20. The van der Waals surface area contributed by atoms with Crippen molar-refractivity contribution < 1.29 is 9.59 Å². The Morgan fingerprint density at radius 3 is 2.46 bits per heavy atom. The van der Waals surface area contributed by atoms with Gasteiger partial charge in [0.2, 0.25) is 5.91 Å². The number of halogens is 1. The summed E-state index contributed by atoms with van der Waals surface area (Å²) >= 11 is 5.73. The van der Waals surface area contributed by atoms with Crippen molar-refractivity contribution in [1.29, 1.82) is 0 Å². The maximum Gasteiger partial charge on any atom is 0.252 e. The maximum atomic E-state index is 12.3. The molecule has 0 saturated heterocycles. The zero-order valence-corrected chi connectivity index (χ0v) is 14.4. The molecule has 0 aliphatic rings. The fourth-order valence-electron chi connectivity index (χ4n) is 2.31. The molecule has 0 fully saturated rings. The number of nitrogens with zero attached hydrogens (tertiary/aromatic N) is 3. The minimum atomic E-state index is -0.691. The molecule has 3 N–H and O–H groups in total. The number of carbonyl (C=O) groups excluding carboxylic acids is 2. The minimum absolute atomic E-state index is 0.0234. The monoisotopic (exact) mass is 347 g/mol. The zero-order chi connectivity index (χ0) is 17.9. The van der Waals surface area contributed by atoms with E-state index in [0.29, 0.717) is 0 Å². The maximum absolute atomic E-state index is 12.3. The number of hydrogen-bond donors (Lipinski definition) is 2. The number of benzene rings is 1. The molecular formula is C16H18ClN5O2. The first-order valence-corrected chi connectivity index (χ1v) is 7.57. The van der Waals surface area contributed by atoms with Gasteiger partial charge in [-0.3, -0.25) is 9.59 Å². The number of nitrogens with two attached hydrogens (primary N) is 1. The van der Waals surface area contributed by atoms with Crippen molar-refractivity contribution in [3.05, 3.63) is 46.1 Å². The van der Waals surface area contributed by atoms with Crippen LogP contribution >= 0.6 is 11.6 Å². The SMILES string of the molecule is Cc1cccc(C)c1NC(=O)CN(C)c1nnc(Cl)cc1C(N)=O. The summed E-state index contributed by atoms with van der Waals surface area (Å²) in [5.74, 6) is -0.741. The summed E-state index contributed by atoms with van der Waals surface area (Å²) in [5, 5.41) is 10.5. The predicted molar refractivity (Wildman–Crippen MR) is 93.4 cm³/mol. The molecule has 0 bridgehead atoms. The fraction of sp³-hybridized carbons (Fsp3) is 0.250. The summed E-state index contributed by atoms with van der Waals surface area (Å²) in [6.07, 6.45) is 0. The van der Waals surface area contributed by atoms with Gasteiger partial charge in [0, 0.05) is 12.7 Å². The van der Waals surface area contributed by atoms with E-state index in [1.165, 1.54) is 11.0 Å². The highest BCUT2D eigenvalue weighted by molar-refractivity contribution is 6.29. The normalized spacial score (nSPS) is 10.3. The number of aryl methyl sites for hydroxylation is 2. The summed E-state index contributed by atoms with van der Waals surface area (Å²) in [5.41, 5.74) is 8.14. The standard InChI is InChI=1S/C16H18ClN5O2/c1-9-5-4-6-10(2)14(9)19-13(23)8-22(3)16-11(15(18)24)7-12(17)20-21-16/h4-7H,8H2,1-3H3,(H2,18,24)(H,19,23). The molecule has 24 heavy (non-hydrogen) atoms. The van der Waals surface area contributed by atoms with Gasteiger partial charge in [0.25, 0.3) is 5.91 Å². The lowest BCUT2D eigenvalue weighted by atomic mass is 10.1. The Morgan fingerprint density at radius 1 is 1.25 bits per heavy atom. The van der Waals surface area contributed by atoms with Crippen LogP contribution in [-0.4, -0.2) is 35.6 Å². The third-order valence-electron chi connectivity index (χ3n) is 3.50. The Hall–Kier alpha value is -2.67. The van der Waals surface area contributed by atoms with Crippen LogP contribution in [0.1, 0.15) is 21.5 Å². The summed E-state index contributed by atoms with van der Waals surface area (Å²) in [6, 6.07) is 7.09. The van der Waals surface area contributed by atoms with Crippen LogP contribution in [0.2, 0.25) is 5.15 Å². The average Bonchev–Trinajstić information content (AvgIpc) is 2.50. The van der Waals surface area contributed by atoms with Crippen LogP contribution in [0.25, 0.3) is 0 Å². The van der Waals surface area contributed by atoms with Gasteiger partial charge in [0.15, 0.2) is 11.0 Å². The number of amides is 2. The molecule has 7 nitrogen and oxygen atoms in total. The first-order valence-electron chi connectivity index (χ1n) is 7.20. The van der Waals surface area contributed by atoms with Gasteiger partial charge in [-0.1, -0.05) is 29.8 Å². The summed E-state index contributed by atoms with van der Waals surface area (Å²) in [6.45, 7) is 3.81. The zero-order valence-electron chi connectivity index (χ0n) is 13.6. The van der Waals surface area contributed by atoms with E-state index in [1.54, 1.807) is 7.05 Å². The van der Waals surface area contributed by atoms with Crippen molar-refractivity contribution in [1.82, 2.24) is 10.2 Å². The third-order valence-corrected chi connectivity index (χ3v) is 3.68. The van der Waals surface area contributed by atoms with Crippen LogP contribution in [0.4, 0.5) is 11.5 Å². The molecule has 2 aromatic rings. The van der Waals surface area contributed by atoms with Gasteiger partial charge in [0.1, 0.15) is 0 Å². The molecule has 0 aliphatic carbocycles. The molecule has 8 heteroatoms. The Kier molecular flexibility index (Phi) is 5.35. The number of para-hydroxylation sites is 1. The summed E-state index contributed by atoms with van der Waals surface area (Å²) in [7, 11) is 1.62. The number of carbonyl (C=O) groups is 2. The number of aromatic nitrogens is 2. The second kappa shape index (κ2) is 7.27. The first kappa shape index (κ1) is 17.7. The Morgan fingerprint density at radius 2 is 1.88 bits per heavy atom. The smallest absolute Gasteiger partial charge is 0.252 e. The van der Waals surface area contributed by atoms with Gasteiger partial charge >= 0.3 is 0 Å². The molecule has 0 radical (unpaired) electrons. The summed E-state index contributed by atoms with van der Waals surface area (Å²) < 4.78 is 0. The molecule has 1 aromatic heterocycles. The second-order valence-corrected chi connectivity index (χ2v) is 5.83. The Bertz CT molecular complexity index is 774. The van der Waals surface area contributed by atoms with E-state index < -0.39 is 5.91 Å². The highest BCUT2D eigenvalue weighted by atomic mass is 35.5. The molecule has 2 rings (SSSR count). The van der Waals surface area contributed by atoms with E-state index in [2.05, 4.69) is 15.5 Å². The van der Waals surface area contributed by atoms with Gasteiger partial charge < -0.3 is 16.0 Å². The highest BCUT2D eigenvalue weighted by Gasteiger charge is 2.18. The molecule has 126 valence electrons. The third kappa shape index (κ3) is 3.99. The molecule has 2 amide bonds. The lowest BCUT2D eigenvalue weighted by Crippen LogP contribution is -2.33. The topological polar surface area (TPSA) is 101 Å². The molecule has 0 unspecified atom stereocenters. The van der Waals surface area contributed by atoms with Crippen LogP contribution in [-0.2, 0) is 4.79 Å². The van der Waals surface area contributed by atoms with Gasteiger partial charge in [-0.25, -0.2) is 0 Å². The van der Waals surface area contributed by atoms with Crippen molar-refractivity contribution in [3.63, 3.8) is 0 Å². The van der Waals surface area contributed by atoms with E-state index in [4.69, 9.17) is 17.3 Å². The lowest BCUT2D eigenvalue weighted by molar-refractivity contribution is -0.114. The van der Waals surface area contributed by atoms with E-state index in [-0.39, 0.29) is 29.0 Å². The molecular weight excluding hydrogens is 330 g/mol. The van der Waals surface area contributed by atoms with Crippen LogP contribution in [0.5, 0.6) is 0 Å². The average molecular weight is 348 g/mol. The largest absolute Gasteiger partial charge is 0.365 e. The van der Waals surface area contributed by atoms with Crippen LogP contribution < -0.4 is 16.0 Å². The highest BCUT2D eigenvalue weighted by Crippen LogP contribution is 2.20. The quantitative estimate of drug-likeness (QED) is 0.860. The predicted octanol–water partition coefficient (Wildman–Crippen LogP) is 1.92. The van der Waals surface area contributed by atoms with Crippen molar-refractivity contribution in [2.75, 3.05) is 23.8 Å². The van der Waals surface area contributed by atoms with Crippen molar-refractivity contribution >= 4 is 34.9 Å². The molecule has 0 saturated carbocycles. The molecule has 0 spiro atoms. The van der Waals surface area contributed by atoms with Gasteiger partial charge in [-0.15, -0.1) is 10.2 Å². The first-order chi connectivity index (χ1) is 11.3. The number of hydrogen-bond acceptors (Lipinski definition) is 5. The van der Waals surface area contributed by atoms with Crippen LogP contribution in [0, 0.1) is 13.8 Å². The number of rotatable bonds is 5.